The van der Waals surface area contributed by atoms with Gasteiger partial charge in [-0.05, 0) is 17.9 Å². The summed E-state index contributed by atoms with van der Waals surface area (Å²) in [5, 5.41) is 17.4. The highest BCUT2D eigenvalue weighted by Gasteiger charge is 2.53. The van der Waals surface area contributed by atoms with E-state index in [0.717, 1.165) is 13.1 Å². The van der Waals surface area contributed by atoms with Crippen LogP contribution in [0.15, 0.2) is 24.3 Å². The van der Waals surface area contributed by atoms with E-state index >= 15 is 0 Å². The number of hydrogen-bond donors (Lipinski definition) is 2. The van der Waals surface area contributed by atoms with Crippen molar-refractivity contribution in [2.75, 3.05) is 18.4 Å². The van der Waals surface area contributed by atoms with Gasteiger partial charge in [0.2, 0.25) is 0 Å². The Balaban J connectivity index is 1.77. The molecule has 2 aliphatic rings. The molecular weight excluding hydrogens is 206 g/mol. The second-order valence-corrected chi connectivity index (χ2v) is 4.43. The predicted molar refractivity (Wildman–Crippen MR) is 60.4 cm³/mol. The summed E-state index contributed by atoms with van der Waals surface area (Å²) >= 11 is 0. The van der Waals surface area contributed by atoms with Gasteiger partial charge >= 0.3 is 0 Å². The summed E-state index contributed by atoms with van der Waals surface area (Å²) in [5.74, 6) is 1.31. The van der Waals surface area contributed by atoms with Crippen LogP contribution in [-0.2, 0) is 0 Å². The van der Waals surface area contributed by atoms with Gasteiger partial charge in [0.1, 0.15) is 5.69 Å². The van der Waals surface area contributed by atoms with Gasteiger partial charge in [0.05, 0.1) is 4.92 Å². The summed E-state index contributed by atoms with van der Waals surface area (Å²) in [5.41, 5.74) is 0.812. The van der Waals surface area contributed by atoms with Crippen LogP contribution in [0.2, 0.25) is 0 Å². The van der Waals surface area contributed by atoms with Crippen molar-refractivity contribution in [1.29, 1.82) is 0 Å². The fourth-order valence-corrected chi connectivity index (χ4v) is 2.57. The molecule has 16 heavy (non-hydrogen) atoms. The van der Waals surface area contributed by atoms with E-state index in [1.165, 1.54) is 0 Å². The van der Waals surface area contributed by atoms with Gasteiger partial charge in [0.15, 0.2) is 0 Å². The number of nitro groups is 1. The third kappa shape index (κ3) is 1.44. The summed E-state index contributed by atoms with van der Waals surface area (Å²) in [6.45, 7) is 2.06. The van der Waals surface area contributed by atoms with Gasteiger partial charge in [-0.1, -0.05) is 12.1 Å². The fourth-order valence-electron chi connectivity index (χ4n) is 2.57. The Labute approximate surface area is 93.0 Å². The molecule has 2 unspecified atom stereocenters. The van der Waals surface area contributed by atoms with Crippen molar-refractivity contribution >= 4 is 11.4 Å². The zero-order valence-corrected chi connectivity index (χ0v) is 8.72. The normalized spacial score (nSPS) is 30.9. The molecule has 1 aliphatic heterocycles. The third-order valence-corrected chi connectivity index (χ3v) is 3.51. The Bertz CT molecular complexity index is 425. The number of fused-ring (bicyclic) bond motifs is 1. The quantitative estimate of drug-likeness (QED) is 0.592. The molecule has 0 amide bonds. The number of piperidine rings is 1. The lowest BCUT2D eigenvalue weighted by atomic mass is 10.2. The van der Waals surface area contributed by atoms with E-state index in [1.54, 1.807) is 18.2 Å². The molecule has 1 aromatic rings. The SMILES string of the molecule is O=[N+]([O-])c1ccccc1NC1C2CNCC21. The van der Waals surface area contributed by atoms with E-state index in [0.29, 0.717) is 23.6 Å². The number of nitro benzene ring substituents is 1. The second-order valence-electron chi connectivity index (χ2n) is 4.43. The summed E-state index contributed by atoms with van der Waals surface area (Å²) in [7, 11) is 0. The van der Waals surface area contributed by atoms with Crippen LogP contribution in [0.4, 0.5) is 11.4 Å². The van der Waals surface area contributed by atoms with Crippen molar-refractivity contribution in [2.45, 2.75) is 6.04 Å². The minimum atomic E-state index is -0.335. The molecule has 0 aromatic heterocycles. The van der Waals surface area contributed by atoms with Crippen LogP contribution >= 0.6 is 0 Å². The molecular formula is C11H13N3O2. The molecule has 1 aromatic carbocycles. The summed E-state index contributed by atoms with van der Waals surface area (Å²) in [6, 6.07) is 7.25. The van der Waals surface area contributed by atoms with Crippen LogP contribution in [0.5, 0.6) is 0 Å². The van der Waals surface area contributed by atoms with E-state index in [-0.39, 0.29) is 10.6 Å². The number of nitrogens with one attached hydrogen (secondary N) is 2. The molecule has 0 radical (unpaired) electrons. The van der Waals surface area contributed by atoms with Crippen molar-refractivity contribution in [2.24, 2.45) is 11.8 Å². The summed E-state index contributed by atoms with van der Waals surface area (Å²) < 4.78 is 0. The maximum atomic E-state index is 10.8. The molecule has 1 saturated heterocycles. The second kappa shape index (κ2) is 3.45. The lowest BCUT2D eigenvalue weighted by Crippen LogP contribution is -2.21. The molecule has 1 aliphatic carbocycles. The molecule has 1 saturated carbocycles. The van der Waals surface area contributed by atoms with Gasteiger partial charge < -0.3 is 10.6 Å². The highest BCUT2D eigenvalue weighted by atomic mass is 16.6. The number of nitrogens with zero attached hydrogens (tertiary/aromatic N) is 1. The van der Waals surface area contributed by atoms with Crippen LogP contribution < -0.4 is 10.6 Å². The van der Waals surface area contributed by atoms with Gasteiger partial charge in [-0.3, -0.25) is 10.1 Å². The standard InChI is InChI=1S/C11H13N3O2/c15-14(16)10-4-2-1-3-9(10)13-11-7-5-12-6-8(7)11/h1-4,7-8,11-13H,5-6H2. The Hall–Kier alpha value is -1.62. The van der Waals surface area contributed by atoms with E-state index in [4.69, 9.17) is 0 Å². The average molecular weight is 219 g/mol. The predicted octanol–water partition coefficient (Wildman–Crippen LogP) is 1.22. The van der Waals surface area contributed by atoms with Crippen molar-refractivity contribution in [3.63, 3.8) is 0 Å². The zero-order chi connectivity index (χ0) is 11.1. The van der Waals surface area contributed by atoms with Gasteiger partial charge in [-0.2, -0.15) is 0 Å². The number of hydrogen-bond acceptors (Lipinski definition) is 4. The maximum Gasteiger partial charge on any atom is 0.292 e. The minimum absolute atomic E-state index is 0.167. The highest BCUT2D eigenvalue weighted by Crippen LogP contribution is 2.44. The first-order valence-electron chi connectivity index (χ1n) is 5.48. The van der Waals surface area contributed by atoms with Crippen LogP contribution in [0, 0.1) is 22.0 Å². The van der Waals surface area contributed by atoms with Crippen molar-refractivity contribution in [1.82, 2.24) is 5.32 Å². The molecule has 84 valence electrons. The van der Waals surface area contributed by atoms with E-state index in [2.05, 4.69) is 10.6 Å². The summed E-state index contributed by atoms with van der Waals surface area (Å²) in [6.07, 6.45) is 0. The summed E-state index contributed by atoms with van der Waals surface area (Å²) in [4.78, 5) is 10.5. The van der Waals surface area contributed by atoms with Crippen LogP contribution in [0.3, 0.4) is 0 Å². The van der Waals surface area contributed by atoms with Gasteiger partial charge in [0.25, 0.3) is 5.69 Å². The highest BCUT2D eigenvalue weighted by molar-refractivity contribution is 5.62. The first kappa shape index (κ1) is 9.59. The van der Waals surface area contributed by atoms with E-state index < -0.39 is 0 Å². The third-order valence-electron chi connectivity index (χ3n) is 3.51. The number of anilines is 1. The molecule has 5 nitrogen and oxygen atoms in total. The molecule has 5 heteroatoms. The molecule has 2 N–H and O–H groups in total. The Morgan fingerprint density at radius 1 is 1.31 bits per heavy atom. The van der Waals surface area contributed by atoms with Crippen LogP contribution in [-0.4, -0.2) is 24.1 Å². The topological polar surface area (TPSA) is 67.2 Å². The largest absolute Gasteiger partial charge is 0.376 e. The van der Waals surface area contributed by atoms with Crippen molar-refractivity contribution < 1.29 is 4.92 Å². The first-order chi connectivity index (χ1) is 7.77. The lowest BCUT2D eigenvalue weighted by Gasteiger charge is -2.08. The molecule has 0 spiro atoms. The van der Waals surface area contributed by atoms with Gasteiger partial charge in [-0.25, -0.2) is 0 Å². The zero-order valence-electron chi connectivity index (χ0n) is 8.72. The molecule has 2 atom stereocenters. The van der Waals surface area contributed by atoms with Crippen LogP contribution in [0.1, 0.15) is 0 Å². The number of para-hydroxylation sites is 2. The van der Waals surface area contributed by atoms with Gasteiger partial charge in [0, 0.05) is 25.2 Å². The fraction of sp³-hybridized carbons (Fsp3) is 0.455. The Morgan fingerprint density at radius 3 is 2.69 bits per heavy atom. The molecule has 1 heterocycles. The van der Waals surface area contributed by atoms with E-state index in [9.17, 15) is 10.1 Å². The number of rotatable bonds is 3. The van der Waals surface area contributed by atoms with E-state index in [1.807, 2.05) is 6.07 Å². The molecule has 3 rings (SSSR count). The monoisotopic (exact) mass is 219 g/mol. The van der Waals surface area contributed by atoms with Crippen molar-refractivity contribution in [3.05, 3.63) is 34.4 Å². The van der Waals surface area contributed by atoms with Crippen LogP contribution in [0.25, 0.3) is 0 Å². The lowest BCUT2D eigenvalue weighted by molar-refractivity contribution is -0.384. The maximum absolute atomic E-state index is 10.8. The van der Waals surface area contributed by atoms with Gasteiger partial charge in [-0.15, -0.1) is 0 Å². The number of benzene rings is 1. The first-order valence-corrected chi connectivity index (χ1v) is 5.48. The molecule has 2 fully saturated rings. The Kier molecular flexibility index (Phi) is 2.07. The average Bonchev–Trinajstić information content (AvgIpc) is 2.75. The minimum Gasteiger partial charge on any atom is -0.376 e. The Morgan fingerprint density at radius 2 is 2.00 bits per heavy atom. The molecule has 0 bridgehead atoms. The smallest absolute Gasteiger partial charge is 0.292 e. The van der Waals surface area contributed by atoms with Crippen molar-refractivity contribution in [3.8, 4) is 0 Å².